The van der Waals surface area contributed by atoms with Gasteiger partial charge in [0.1, 0.15) is 0 Å². The number of nitrogens with zero attached hydrogens (tertiary/aromatic N) is 4. The number of aromatic nitrogens is 3. The van der Waals surface area contributed by atoms with Gasteiger partial charge in [-0.1, -0.05) is 6.07 Å². The Morgan fingerprint density at radius 1 is 1.20 bits per heavy atom. The highest BCUT2D eigenvalue weighted by molar-refractivity contribution is 7.80. The van der Waals surface area contributed by atoms with Gasteiger partial charge in [0.25, 0.3) is 0 Å². The number of thiazole rings is 1. The monoisotopic (exact) mass is 369 g/mol. The standard InChI is InChI=1S/C18H19N5S2/c1-11-10-13(12(2)23(11)18-20-8-9-25-18)16-15(21-17(24)22(16)3)14-6-4-5-7-19-14/h4-10,15-16H,1-3H3,(H,21,24)/t15-,16+/m0/s1. The molecule has 0 spiro atoms. The molecule has 5 nitrogen and oxygen atoms in total. The lowest BCUT2D eigenvalue weighted by Gasteiger charge is -2.24. The average Bonchev–Trinajstić information content (AvgIpc) is 3.29. The first-order valence-corrected chi connectivity index (χ1v) is 9.39. The Morgan fingerprint density at radius 3 is 2.72 bits per heavy atom. The number of thiocarbonyl (C=S) groups is 1. The van der Waals surface area contributed by atoms with Gasteiger partial charge in [0, 0.05) is 36.2 Å². The van der Waals surface area contributed by atoms with Crippen molar-refractivity contribution in [2.24, 2.45) is 0 Å². The van der Waals surface area contributed by atoms with Crippen molar-refractivity contribution < 1.29 is 0 Å². The molecule has 3 aromatic rings. The minimum absolute atomic E-state index is 0.0314. The summed E-state index contributed by atoms with van der Waals surface area (Å²) < 4.78 is 2.21. The average molecular weight is 370 g/mol. The number of rotatable bonds is 3. The summed E-state index contributed by atoms with van der Waals surface area (Å²) in [7, 11) is 2.04. The van der Waals surface area contributed by atoms with Gasteiger partial charge in [-0.3, -0.25) is 9.55 Å². The van der Waals surface area contributed by atoms with Gasteiger partial charge >= 0.3 is 0 Å². The van der Waals surface area contributed by atoms with Gasteiger partial charge in [0.2, 0.25) is 0 Å². The van der Waals surface area contributed by atoms with E-state index in [9.17, 15) is 0 Å². The molecule has 128 valence electrons. The molecule has 1 N–H and O–H groups in total. The smallest absolute Gasteiger partial charge is 0.193 e. The summed E-state index contributed by atoms with van der Waals surface area (Å²) in [6, 6.07) is 8.37. The SMILES string of the molecule is Cc1cc([C@@H]2[C@H](c3ccccn3)NC(=S)N2C)c(C)n1-c1nccs1. The lowest BCUT2D eigenvalue weighted by molar-refractivity contribution is 0.367. The molecule has 4 heterocycles. The third kappa shape index (κ3) is 2.63. The molecule has 0 unspecified atom stereocenters. The number of nitrogens with one attached hydrogen (secondary N) is 1. The van der Waals surface area contributed by atoms with Crippen LogP contribution < -0.4 is 5.32 Å². The Morgan fingerprint density at radius 2 is 2.04 bits per heavy atom. The van der Waals surface area contributed by atoms with E-state index in [1.807, 2.05) is 43.0 Å². The summed E-state index contributed by atoms with van der Waals surface area (Å²) in [5, 5.41) is 7.18. The van der Waals surface area contributed by atoms with Crippen LogP contribution in [0.2, 0.25) is 0 Å². The van der Waals surface area contributed by atoms with Crippen molar-refractivity contribution in [2.75, 3.05) is 7.05 Å². The molecule has 0 amide bonds. The second-order valence-corrected chi connectivity index (χ2v) is 7.47. The highest BCUT2D eigenvalue weighted by atomic mass is 32.1. The summed E-state index contributed by atoms with van der Waals surface area (Å²) in [5.41, 5.74) is 4.61. The summed E-state index contributed by atoms with van der Waals surface area (Å²) in [4.78, 5) is 11.1. The fourth-order valence-corrected chi connectivity index (χ4v) is 4.55. The second kappa shape index (κ2) is 6.24. The van der Waals surface area contributed by atoms with E-state index in [1.165, 1.54) is 17.0 Å². The molecule has 1 saturated heterocycles. The first kappa shape index (κ1) is 16.2. The van der Waals surface area contributed by atoms with Gasteiger partial charge in [-0.15, -0.1) is 11.3 Å². The second-order valence-electron chi connectivity index (χ2n) is 6.21. The summed E-state index contributed by atoms with van der Waals surface area (Å²) in [5.74, 6) is 0. The van der Waals surface area contributed by atoms with E-state index in [2.05, 4.69) is 44.7 Å². The zero-order chi connectivity index (χ0) is 17.6. The van der Waals surface area contributed by atoms with Gasteiger partial charge in [-0.25, -0.2) is 4.98 Å². The first-order chi connectivity index (χ1) is 12.1. The van der Waals surface area contributed by atoms with E-state index in [-0.39, 0.29) is 12.1 Å². The van der Waals surface area contributed by atoms with Crippen LogP contribution in [0.1, 0.15) is 34.7 Å². The van der Waals surface area contributed by atoms with Crippen molar-refractivity contribution >= 4 is 28.7 Å². The van der Waals surface area contributed by atoms with Crippen LogP contribution in [-0.4, -0.2) is 31.6 Å². The number of likely N-dealkylation sites (N-methyl/N-ethyl adjacent to an activating group) is 1. The largest absolute Gasteiger partial charge is 0.352 e. The third-order valence-electron chi connectivity index (χ3n) is 4.74. The molecule has 7 heteroatoms. The summed E-state index contributed by atoms with van der Waals surface area (Å²) in [6.45, 7) is 4.27. The highest BCUT2D eigenvalue weighted by Gasteiger charge is 2.39. The minimum Gasteiger partial charge on any atom is -0.352 e. The van der Waals surface area contributed by atoms with E-state index in [1.54, 1.807) is 11.3 Å². The zero-order valence-corrected chi connectivity index (χ0v) is 15.9. The van der Waals surface area contributed by atoms with Crippen LogP contribution in [0.4, 0.5) is 0 Å². The third-order valence-corrected chi connectivity index (χ3v) is 5.90. The van der Waals surface area contributed by atoms with Crippen molar-refractivity contribution in [3.05, 3.63) is 64.7 Å². The van der Waals surface area contributed by atoms with E-state index >= 15 is 0 Å². The number of aryl methyl sites for hydroxylation is 1. The molecule has 2 atom stereocenters. The van der Waals surface area contributed by atoms with Crippen molar-refractivity contribution in [3.63, 3.8) is 0 Å². The molecule has 1 fully saturated rings. The number of hydrogen-bond donors (Lipinski definition) is 1. The molecule has 3 aromatic heterocycles. The van der Waals surface area contributed by atoms with Crippen molar-refractivity contribution in [2.45, 2.75) is 25.9 Å². The van der Waals surface area contributed by atoms with Gasteiger partial charge in [-0.2, -0.15) is 0 Å². The molecule has 0 aliphatic carbocycles. The van der Waals surface area contributed by atoms with Crippen LogP contribution in [0, 0.1) is 13.8 Å². The maximum atomic E-state index is 5.53. The van der Waals surface area contributed by atoms with Crippen LogP contribution in [0.3, 0.4) is 0 Å². The Labute approximate surface area is 156 Å². The van der Waals surface area contributed by atoms with E-state index in [4.69, 9.17) is 12.2 Å². The highest BCUT2D eigenvalue weighted by Crippen LogP contribution is 2.40. The zero-order valence-electron chi connectivity index (χ0n) is 14.3. The quantitative estimate of drug-likeness (QED) is 0.716. The molecular weight excluding hydrogens is 350 g/mol. The topological polar surface area (TPSA) is 46.0 Å². The molecule has 25 heavy (non-hydrogen) atoms. The molecule has 4 rings (SSSR count). The predicted octanol–water partition coefficient (Wildman–Crippen LogP) is 3.55. The normalized spacial score (nSPS) is 20.1. The van der Waals surface area contributed by atoms with E-state index < -0.39 is 0 Å². The van der Waals surface area contributed by atoms with Crippen LogP contribution >= 0.6 is 23.6 Å². The molecule has 1 aliphatic heterocycles. The van der Waals surface area contributed by atoms with Crippen molar-refractivity contribution in [1.82, 2.24) is 24.8 Å². The predicted molar refractivity (Wildman–Crippen MR) is 104 cm³/mol. The van der Waals surface area contributed by atoms with Gasteiger partial charge in [-0.05, 0) is 49.8 Å². The lowest BCUT2D eigenvalue weighted by atomic mass is 9.97. The Kier molecular flexibility index (Phi) is 4.05. The van der Waals surface area contributed by atoms with Crippen LogP contribution in [-0.2, 0) is 0 Å². The maximum absolute atomic E-state index is 5.53. The van der Waals surface area contributed by atoms with E-state index in [0.29, 0.717) is 0 Å². The molecule has 0 bridgehead atoms. The molecule has 0 radical (unpaired) electrons. The van der Waals surface area contributed by atoms with E-state index in [0.717, 1.165) is 15.9 Å². The summed E-state index contributed by atoms with van der Waals surface area (Å²) in [6.07, 6.45) is 3.67. The van der Waals surface area contributed by atoms with Crippen molar-refractivity contribution in [1.29, 1.82) is 0 Å². The minimum atomic E-state index is 0.0314. The number of pyridine rings is 1. The van der Waals surface area contributed by atoms with Crippen LogP contribution in [0.25, 0.3) is 5.13 Å². The fraction of sp³-hybridized carbons (Fsp3) is 0.278. The van der Waals surface area contributed by atoms with Gasteiger partial charge in [0.15, 0.2) is 10.2 Å². The van der Waals surface area contributed by atoms with Crippen LogP contribution in [0.5, 0.6) is 0 Å². The lowest BCUT2D eigenvalue weighted by Crippen LogP contribution is -2.25. The Balaban J connectivity index is 1.82. The molecule has 0 aromatic carbocycles. The van der Waals surface area contributed by atoms with Crippen LogP contribution in [0.15, 0.2) is 42.0 Å². The number of hydrogen-bond acceptors (Lipinski definition) is 4. The van der Waals surface area contributed by atoms with Gasteiger partial charge < -0.3 is 10.2 Å². The van der Waals surface area contributed by atoms with Crippen molar-refractivity contribution in [3.8, 4) is 5.13 Å². The maximum Gasteiger partial charge on any atom is 0.193 e. The van der Waals surface area contributed by atoms with Gasteiger partial charge in [0.05, 0.1) is 17.8 Å². The fourth-order valence-electron chi connectivity index (χ4n) is 3.56. The first-order valence-electron chi connectivity index (χ1n) is 8.11. The Bertz CT molecular complexity index is 901. The molecule has 1 aliphatic rings. The Hall–Kier alpha value is -2.25. The summed E-state index contributed by atoms with van der Waals surface area (Å²) >= 11 is 7.17. The molecule has 0 saturated carbocycles. The molecular formula is C18H19N5S2.